The van der Waals surface area contributed by atoms with E-state index in [9.17, 15) is 9.59 Å². The Kier molecular flexibility index (Phi) is 6.70. The Morgan fingerprint density at radius 2 is 1.96 bits per heavy atom. The molecule has 0 heterocycles. The zero-order chi connectivity index (χ0) is 18.6. The maximum atomic E-state index is 12.1. The van der Waals surface area contributed by atoms with Gasteiger partial charge in [-0.2, -0.15) is 0 Å². The highest BCUT2D eigenvalue weighted by Gasteiger charge is 2.12. The van der Waals surface area contributed by atoms with Crippen LogP contribution in [0.3, 0.4) is 0 Å². The molecular formula is C17H15BrCl2N2O3. The van der Waals surface area contributed by atoms with Gasteiger partial charge in [0, 0.05) is 30.4 Å². The summed E-state index contributed by atoms with van der Waals surface area (Å²) in [7, 11) is 1.66. The third-order valence-electron chi connectivity index (χ3n) is 3.30. The molecule has 0 bridgehead atoms. The van der Waals surface area contributed by atoms with Crippen LogP contribution in [-0.2, 0) is 9.59 Å². The van der Waals surface area contributed by atoms with Crippen molar-refractivity contribution in [3.05, 3.63) is 50.9 Å². The van der Waals surface area contributed by atoms with Gasteiger partial charge in [0.2, 0.25) is 5.91 Å². The Hall–Kier alpha value is -1.76. The van der Waals surface area contributed by atoms with Gasteiger partial charge in [0.25, 0.3) is 5.91 Å². The van der Waals surface area contributed by atoms with Crippen molar-refractivity contribution in [2.24, 2.45) is 0 Å². The summed E-state index contributed by atoms with van der Waals surface area (Å²) in [6.07, 6.45) is 0. The Bertz CT molecular complexity index is 791. The molecule has 0 spiro atoms. The van der Waals surface area contributed by atoms with Crippen molar-refractivity contribution in [3.8, 4) is 5.75 Å². The lowest BCUT2D eigenvalue weighted by molar-refractivity contribution is -0.118. The number of halogens is 3. The summed E-state index contributed by atoms with van der Waals surface area (Å²) >= 11 is 15.2. The van der Waals surface area contributed by atoms with Crippen molar-refractivity contribution in [1.29, 1.82) is 0 Å². The van der Waals surface area contributed by atoms with E-state index in [1.807, 2.05) is 0 Å². The second-order valence-electron chi connectivity index (χ2n) is 5.16. The van der Waals surface area contributed by atoms with Crippen molar-refractivity contribution in [1.82, 2.24) is 0 Å². The smallest absolute Gasteiger partial charge is 0.262 e. The first-order valence-electron chi connectivity index (χ1n) is 7.19. The number of ether oxygens (including phenoxy) is 1. The van der Waals surface area contributed by atoms with Crippen molar-refractivity contribution < 1.29 is 14.3 Å². The molecule has 132 valence electrons. The van der Waals surface area contributed by atoms with Gasteiger partial charge in [-0.25, -0.2) is 0 Å². The molecule has 5 nitrogen and oxygen atoms in total. The lowest BCUT2D eigenvalue weighted by Crippen LogP contribution is -2.23. The second kappa shape index (κ2) is 8.56. The van der Waals surface area contributed by atoms with E-state index >= 15 is 0 Å². The quantitative estimate of drug-likeness (QED) is 0.721. The van der Waals surface area contributed by atoms with Crippen LogP contribution in [0.4, 0.5) is 11.4 Å². The molecule has 25 heavy (non-hydrogen) atoms. The van der Waals surface area contributed by atoms with Crippen molar-refractivity contribution in [2.75, 3.05) is 23.9 Å². The average molecular weight is 446 g/mol. The second-order valence-corrected chi connectivity index (χ2v) is 6.86. The number of amides is 2. The standard InChI is InChI=1S/C17H15BrCl2N2O3/c1-10(23)22(2)13-5-3-4-12(8-13)21-16(24)9-25-17-14(18)6-11(19)7-15(17)20/h3-8H,9H2,1-2H3,(H,21,24). The maximum Gasteiger partial charge on any atom is 0.262 e. The molecule has 0 unspecified atom stereocenters. The van der Waals surface area contributed by atoms with Gasteiger partial charge in [-0.1, -0.05) is 29.3 Å². The summed E-state index contributed by atoms with van der Waals surface area (Å²) in [6, 6.07) is 10.1. The summed E-state index contributed by atoms with van der Waals surface area (Å²) in [4.78, 5) is 25.0. The van der Waals surface area contributed by atoms with Gasteiger partial charge < -0.3 is 15.0 Å². The first-order chi connectivity index (χ1) is 11.8. The highest BCUT2D eigenvalue weighted by Crippen LogP contribution is 2.36. The van der Waals surface area contributed by atoms with Gasteiger partial charge in [-0.05, 0) is 46.3 Å². The van der Waals surface area contributed by atoms with Crippen LogP contribution < -0.4 is 15.0 Å². The summed E-state index contributed by atoms with van der Waals surface area (Å²) < 4.78 is 6.02. The minimum atomic E-state index is -0.361. The highest BCUT2D eigenvalue weighted by molar-refractivity contribution is 9.10. The first-order valence-corrected chi connectivity index (χ1v) is 8.74. The minimum absolute atomic E-state index is 0.103. The molecule has 8 heteroatoms. The molecule has 2 aromatic carbocycles. The minimum Gasteiger partial charge on any atom is -0.481 e. The van der Waals surface area contributed by atoms with Gasteiger partial charge >= 0.3 is 0 Å². The van der Waals surface area contributed by atoms with E-state index in [1.165, 1.54) is 17.9 Å². The van der Waals surface area contributed by atoms with E-state index in [0.29, 0.717) is 31.6 Å². The fourth-order valence-corrected chi connectivity index (χ4v) is 3.34. The summed E-state index contributed by atoms with van der Waals surface area (Å²) in [5.41, 5.74) is 1.23. The number of hydrogen-bond acceptors (Lipinski definition) is 3. The number of carbonyl (C=O) groups is 2. The fourth-order valence-electron chi connectivity index (χ4n) is 1.98. The van der Waals surface area contributed by atoms with Crippen LogP contribution in [-0.4, -0.2) is 25.5 Å². The van der Waals surface area contributed by atoms with E-state index in [2.05, 4.69) is 21.2 Å². The van der Waals surface area contributed by atoms with Crippen molar-refractivity contribution in [2.45, 2.75) is 6.92 Å². The number of rotatable bonds is 5. The molecular weight excluding hydrogens is 431 g/mol. The molecule has 2 rings (SSSR count). The Balaban J connectivity index is 2.02. The van der Waals surface area contributed by atoms with E-state index in [-0.39, 0.29) is 18.4 Å². The van der Waals surface area contributed by atoms with Gasteiger partial charge in [0.05, 0.1) is 9.50 Å². The third-order valence-corrected chi connectivity index (χ3v) is 4.39. The van der Waals surface area contributed by atoms with E-state index in [4.69, 9.17) is 27.9 Å². The molecule has 0 aliphatic rings. The number of carbonyl (C=O) groups excluding carboxylic acids is 2. The van der Waals surface area contributed by atoms with Crippen LogP contribution in [0.1, 0.15) is 6.92 Å². The predicted octanol–water partition coefficient (Wildman–Crippen LogP) is 4.76. The average Bonchev–Trinajstić information content (AvgIpc) is 2.53. The largest absolute Gasteiger partial charge is 0.481 e. The number of benzene rings is 2. The van der Waals surface area contributed by atoms with Crippen LogP contribution in [0.2, 0.25) is 10.0 Å². The lowest BCUT2D eigenvalue weighted by atomic mass is 10.2. The molecule has 0 aliphatic heterocycles. The zero-order valence-corrected chi connectivity index (χ0v) is 16.6. The van der Waals surface area contributed by atoms with Crippen LogP contribution >= 0.6 is 39.1 Å². The van der Waals surface area contributed by atoms with Gasteiger partial charge in [0.1, 0.15) is 0 Å². The predicted molar refractivity (Wildman–Crippen MR) is 104 cm³/mol. The molecule has 0 saturated heterocycles. The van der Waals surface area contributed by atoms with Crippen LogP contribution in [0.25, 0.3) is 0 Å². The Labute approximate surface area is 164 Å². The molecule has 0 fully saturated rings. The highest BCUT2D eigenvalue weighted by atomic mass is 79.9. The Morgan fingerprint density at radius 3 is 2.60 bits per heavy atom. The lowest BCUT2D eigenvalue weighted by Gasteiger charge is -2.16. The molecule has 0 atom stereocenters. The van der Waals surface area contributed by atoms with Crippen LogP contribution in [0, 0.1) is 0 Å². The summed E-state index contributed by atoms with van der Waals surface area (Å²) in [6.45, 7) is 1.24. The first kappa shape index (κ1) is 19.6. The number of anilines is 2. The maximum absolute atomic E-state index is 12.1. The van der Waals surface area contributed by atoms with Crippen molar-refractivity contribution in [3.63, 3.8) is 0 Å². The summed E-state index contributed by atoms with van der Waals surface area (Å²) in [5, 5.41) is 3.47. The SMILES string of the molecule is CC(=O)N(C)c1cccc(NC(=O)COc2c(Cl)cc(Cl)cc2Br)c1. The van der Waals surface area contributed by atoms with E-state index < -0.39 is 0 Å². The van der Waals surface area contributed by atoms with Gasteiger partial charge in [-0.15, -0.1) is 0 Å². The number of hydrogen-bond donors (Lipinski definition) is 1. The summed E-state index contributed by atoms with van der Waals surface area (Å²) in [5.74, 6) is -0.124. The Morgan fingerprint density at radius 1 is 1.24 bits per heavy atom. The molecule has 2 aromatic rings. The van der Waals surface area contributed by atoms with Gasteiger partial charge in [-0.3, -0.25) is 9.59 Å². The molecule has 0 saturated carbocycles. The molecule has 0 aromatic heterocycles. The fraction of sp³-hybridized carbons (Fsp3) is 0.176. The monoisotopic (exact) mass is 444 g/mol. The van der Waals surface area contributed by atoms with Crippen LogP contribution in [0.5, 0.6) is 5.75 Å². The number of nitrogens with one attached hydrogen (secondary N) is 1. The normalized spacial score (nSPS) is 10.3. The number of nitrogens with zero attached hydrogens (tertiary/aromatic N) is 1. The van der Waals surface area contributed by atoms with Crippen LogP contribution in [0.15, 0.2) is 40.9 Å². The topological polar surface area (TPSA) is 58.6 Å². The van der Waals surface area contributed by atoms with Crippen molar-refractivity contribution >= 4 is 62.3 Å². The molecule has 1 N–H and O–H groups in total. The molecule has 0 radical (unpaired) electrons. The molecule has 0 aliphatic carbocycles. The van der Waals surface area contributed by atoms with E-state index in [0.717, 1.165) is 0 Å². The van der Waals surface area contributed by atoms with Gasteiger partial charge in [0.15, 0.2) is 12.4 Å². The molecule has 2 amide bonds. The zero-order valence-electron chi connectivity index (χ0n) is 13.5. The third kappa shape index (κ3) is 5.36. The van der Waals surface area contributed by atoms with E-state index in [1.54, 1.807) is 37.4 Å².